The van der Waals surface area contributed by atoms with Gasteiger partial charge in [-0.25, -0.2) is 8.78 Å². The highest BCUT2D eigenvalue weighted by Gasteiger charge is 2.15. The fourth-order valence-electron chi connectivity index (χ4n) is 1.99. The lowest BCUT2D eigenvalue weighted by Gasteiger charge is -2.10. The molecule has 0 atom stereocenters. The largest absolute Gasteiger partial charge is 0.322 e. The summed E-state index contributed by atoms with van der Waals surface area (Å²) >= 11 is 0. The van der Waals surface area contributed by atoms with Gasteiger partial charge in [0.15, 0.2) is 11.6 Å². The summed E-state index contributed by atoms with van der Waals surface area (Å²) in [5, 5.41) is 2.62. The fourth-order valence-corrected chi connectivity index (χ4v) is 1.99. The summed E-state index contributed by atoms with van der Waals surface area (Å²) in [7, 11) is 0. The van der Waals surface area contributed by atoms with E-state index >= 15 is 0 Å². The minimum atomic E-state index is -0.928. The van der Waals surface area contributed by atoms with Crippen LogP contribution in [0.5, 0.6) is 0 Å². The Morgan fingerprint density at radius 2 is 1.71 bits per heavy atom. The molecule has 0 fully saturated rings. The van der Waals surface area contributed by atoms with Crippen molar-refractivity contribution in [2.45, 2.75) is 13.8 Å². The molecule has 0 aromatic heterocycles. The number of carbonyl (C=O) groups is 1. The molecule has 0 aliphatic rings. The molecule has 4 nitrogen and oxygen atoms in total. The normalized spacial score (nSPS) is 10.3. The van der Waals surface area contributed by atoms with E-state index in [4.69, 9.17) is 5.84 Å². The number of nitrogens with one attached hydrogen (secondary N) is 2. The number of carbonyl (C=O) groups excluding carboxylic acids is 1. The van der Waals surface area contributed by atoms with Crippen LogP contribution in [-0.2, 0) is 0 Å². The first-order valence-corrected chi connectivity index (χ1v) is 6.26. The lowest BCUT2D eigenvalue weighted by Crippen LogP contribution is -2.16. The molecular formula is C15H15F2N3O. The lowest BCUT2D eigenvalue weighted by atomic mass is 10.1. The zero-order chi connectivity index (χ0) is 15.6. The van der Waals surface area contributed by atoms with E-state index in [1.54, 1.807) is 6.07 Å². The number of nitrogens with two attached hydrogens (primary N) is 1. The van der Waals surface area contributed by atoms with Crippen LogP contribution >= 0.6 is 0 Å². The van der Waals surface area contributed by atoms with Crippen molar-refractivity contribution in [2.75, 3.05) is 10.7 Å². The first kappa shape index (κ1) is 14.9. The monoisotopic (exact) mass is 291 g/mol. The zero-order valence-corrected chi connectivity index (χ0v) is 11.6. The molecule has 0 unspecified atom stereocenters. The predicted molar refractivity (Wildman–Crippen MR) is 78.0 cm³/mol. The van der Waals surface area contributed by atoms with Crippen molar-refractivity contribution in [1.29, 1.82) is 0 Å². The second-order valence-electron chi connectivity index (χ2n) is 4.73. The van der Waals surface area contributed by atoms with Crippen molar-refractivity contribution in [2.24, 2.45) is 5.84 Å². The van der Waals surface area contributed by atoms with E-state index in [-0.39, 0.29) is 5.56 Å². The van der Waals surface area contributed by atoms with Crippen LogP contribution in [0.15, 0.2) is 30.3 Å². The van der Waals surface area contributed by atoms with Crippen molar-refractivity contribution in [1.82, 2.24) is 0 Å². The highest BCUT2D eigenvalue weighted by Crippen LogP contribution is 2.21. The third kappa shape index (κ3) is 3.17. The molecule has 2 aromatic carbocycles. The number of benzene rings is 2. The van der Waals surface area contributed by atoms with Gasteiger partial charge in [0.25, 0.3) is 5.91 Å². The Morgan fingerprint density at radius 1 is 1.10 bits per heavy atom. The summed E-state index contributed by atoms with van der Waals surface area (Å²) in [5.41, 5.74) is 3.83. The van der Waals surface area contributed by atoms with Crippen LogP contribution in [0.1, 0.15) is 21.5 Å². The third-order valence-electron chi connectivity index (χ3n) is 3.08. The highest BCUT2D eigenvalue weighted by atomic mass is 19.1. The second kappa shape index (κ2) is 5.88. The van der Waals surface area contributed by atoms with Gasteiger partial charge in [0, 0.05) is 11.3 Å². The SMILES string of the molecule is Cc1ccc(NC(=O)c2cc(F)c(NN)c(F)c2)c(C)c1. The first-order valence-electron chi connectivity index (χ1n) is 6.26. The van der Waals surface area contributed by atoms with Gasteiger partial charge in [-0.05, 0) is 37.6 Å². The zero-order valence-electron chi connectivity index (χ0n) is 11.6. The molecule has 0 saturated carbocycles. The molecule has 2 rings (SSSR count). The maximum absolute atomic E-state index is 13.6. The van der Waals surface area contributed by atoms with E-state index in [2.05, 4.69) is 5.32 Å². The minimum absolute atomic E-state index is 0.121. The Balaban J connectivity index is 2.28. The van der Waals surface area contributed by atoms with Gasteiger partial charge < -0.3 is 10.7 Å². The number of hydrogen-bond donors (Lipinski definition) is 3. The van der Waals surface area contributed by atoms with Crippen molar-refractivity contribution in [3.05, 3.63) is 58.7 Å². The smallest absolute Gasteiger partial charge is 0.255 e. The van der Waals surface area contributed by atoms with E-state index in [1.807, 2.05) is 31.4 Å². The van der Waals surface area contributed by atoms with Crippen molar-refractivity contribution in [3.63, 3.8) is 0 Å². The predicted octanol–water partition coefficient (Wildman–Crippen LogP) is 3.12. The summed E-state index contributed by atoms with van der Waals surface area (Å²) in [4.78, 5) is 12.1. The molecule has 6 heteroatoms. The van der Waals surface area contributed by atoms with Gasteiger partial charge in [0.2, 0.25) is 0 Å². The number of aryl methyl sites for hydroxylation is 2. The van der Waals surface area contributed by atoms with Gasteiger partial charge >= 0.3 is 0 Å². The molecule has 0 bridgehead atoms. The number of hydrogen-bond acceptors (Lipinski definition) is 3. The Hall–Kier alpha value is -2.47. The highest BCUT2D eigenvalue weighted by molar-refractivity contribution is 6.04. The molecule has 0 saturated heterocycles. The van der Waals surface area contributed by atoms with Crippen LogP contribution < -0.4 is 16.6 Å². The van der Waals surface area contributed by atoms with E-state index in [9.17, 15) is 13.6 Å². The van der Waals surface area contributed by atoms with E-state index < -0.39 is 23.2 Å². The molecule has 0 aliphatic carbocycles. The van der Waals surface area contributed by atoms with Crippen LogP contribution in [0.25, 0.3) is 0 Å². The van der Waals surface area contributed by atoms with Gasteiger partial charge in [0.05, 0.1) is 0 Å². The molecule has 2 aromatic rings. The average molecular weight is 291 g/mol. The van der Waals surface area contributed by atoms with Crippen molar-refractivity contribution in [3.8, 4) is 0 Å². The average Bonchev–Trinajstić information content (AvgIpc) is 2.41. The van der Waals surface area contributed by atoms with Crippen molar-refractivity contribution >= 4 is 17.3 Å². The van der Waals surface area contributed by atoms with Gasteiger partial charge in [-0.3, -0.25) is 10.6 Å². The topological polar surface area (TPSA) is 67.2 Å². The molecule has 0 spiro atoms. The van der Waals surface area contributed by atoms with Gasteiger partial charge in [-0.2, -0.15) is 0 Å². The first-order chi connectivity index (χ1) is 9.92. The van der Waals surface area contributed by atoms with Crippen LogP contribution in [0.3, 0.4) is 0 Å². The van der Waals surface area contributed by atoms with Gasteiger partial charge in [-0.15, -0.1) is 0 Å². The van der Waals surface area contributed by atoms with Crippen molar-refractivity contribution < 1.29 is 13.6 Å². The maximum Gasteiger partial charge on any atom is 0.255 e. The molecule has 0 aliphatic heterocycles. The molecule has 110 valence electrons. The van der Waals surface area contributed by atoms with Crippen LogP contribution in [-0.4, -0.2) is 5.91 Å². The number of anilines is 2. The van der Waals surface area contributed by atoms with Crippen LogP contribution in [0.4, 0.5) is 20.2 Å². The number of nitrogen functional groups attached to an aromatic ring is 1. The van der Waals surface area contributed by atoms with Gasteiger partial charge in [-0.1, -0.05) is 17.7 Å². The van der Waals surface area contributed by atoms with E-state index in [0.29, 0.717) is 5.69 Å². The Labute approximate surface area is 120 Å². The fraction of sp³-hybridized carbons (Fsp3) is 0.133. The summed E-state index contributed by atoms with van der Waals surface area (Å²) in [6.07, 6.45) is 0. The molecular weight excluding hydrogens is 276 g/mol. The van der Waals surface area contributed by atoms with E-state index in [1.165, 1.54) is 0 Å². The quantitative estimate of drug-likeness (QED) is 0.601. The Morgan fingerprint density at radius 3 is 2.24 bits per heavy atom. The number of hydrazine groups is 1. The number of rotatable bonds is 3. The Kier molecular flexibility index (Phi) is 4.18. The summed E-state index contributed by atoms with van der Waals surface area (Å²) < 4.78 is 27.2. The van der Waals surface area contributed by atoms with Crippen LogP contribution in [0.2, 0.25) is 0 Å². The Bertz CT molecular complexity index is 678. The lowest BCUT2D eigenvalue weighted by molar-refractivity contribution is 0.102. The number of halogens is 2. The molecule has 4 N–H and O–H groups in total. The molecule has 21 heavy (non-hydrogen) atoms. The van der Waals surface area contributed by atoms with Crippen LogP contribution in [0, 0.1) is 25.5 Å². The second-order valence-corrected chi connectivity index (χ2v) is 4.73. The number of amides is 1. The molecule has 0 heterocycles. The standard InChI is InChI=1S/C15H15F2N3O/c1-8-3-4-13(9(2)5-8)19-15(21)10-6-11(16)14(20-18)12(17)7-10/h3-7,20H,18H2,1-2H3,(H,19,21). The summed E-state index contributed by atoms with van der Waals surface area (Å²) in [6, 6.07) is 7.34. The molecule has 1 amide bonds. The van der Waals surface area contributed by atoms with Gasteiger partial charge in [0.1, 0.15) is 5.69 Å². The minimum Gasteiger partial charge on any atom is -0.322 e. The third-order valence-corrected chi connectivity index (χ3v) is 3.08. The molecule has 0 radical (unpaired) electrons. The summed E-state index contributed by atoms with van der Waals surface area (Å²) in [5.74, 6) is 2.56. The van der Waals surface area contributed by atoms with E-state index in [0.717, 1.165) is 23.3 Å². The maximum atomic E-state index is 13.6. The summed E-state index contributed by atoms with van der Waals surface area (Å²) in [6.45, 7) is 3.77.